The van der Waals surface area contributed by atoms with E-state index in [1.165, 1.54) is 22.0 Å². The van der Waals surface area contributed by atoms with Crippen LogP contribution in [-0.4, -0.2) is 88.0 Å². The zero-order valence-electron chi connectivity index (χ0n) is 38.7. The second kappa shape index (κ2) is 17.2. The highest BCUT2D eigenvalue weighted by molar-refractivity contribution is 7.89. The third kappa shape index (κ3) is 7.82. The third-order valence-electron chi connectivity index (χ3n) is 18.3. The van der Waals surface area contributed by atoms with E-state index in [2.05, 4.69) is 46.0 Å². The van der Waals surface area contributed by atoms with Crippen LogP contribution in [0.2, 0.25) is 0 Å². The highest BCUT2D eigenvalue weighted by atomic mass is 32.2. The minimum absolute atomic E-state index is 0.0423. The standard InChI is InChI=1S/C50H73N3O9S/c1-31(2)28-52(63(61,62)36-16-14-35(15-17-36)53(59)60)29-40(56)38(26-34-12-10-9-11-13-34)51-45(58)50-23-20-32(3)33(4)43(50)37-18-19-42-46(5)27-39(55)44(57)47(6,30-54)41(46)21-22-49(42,8)48(37,7)24-25-50/h9-18,31-33,38-44,54-57H,19-30H2,1-8H3,(H,51,58)/t32-,33+,38+,39-,40-,41-,42-,43+,44-,46+,47+,48-,49-,50+/m1/s1. The number of non-ortho nitro benzene ring substituents is 1. The minimum Gasteiger partial charge on any atom is -0.396 e. The molecule has 0 aromatic heterocycles. The molecule has 348 valence electrons. The first-order valence-corrected chi connectivity index (χ1v) is 24.9. The van der Waals surface area contributed by atoms with E-state index in [-0.39, 0.29) is 88.4 Å². The van der Waals surface area contributed by atoms with Gasteiger partial charge in [0.05, 0.1) is 46.2 Å². The number of aliphatic hydroxyl groups is 4. The van der Waals surface area contributed by atoms with Gasteiger partial charge >= 0.3 is 0 Å². The zero-order valence-corrected chi connectivity index (χ0v) is 39.5. The number of hydrogen-bond acceptors (Lipinski definition) is 9. The van der Waals surface area contributed by atoms with Gasteiger partial charge in [-0.2, -0.15) is 4.31 Å². The van der Waals surface area contributed by atoms with Gasteiger partial charge in [-0.05, 0) is 127 Å². The maximum absolute atomic E-state index is 15.5. The van der Waals surface area contributed by atoms with Crippen molar-refractivity contribution >= 4 is 21.6 Å². The topological polar surface area (TPSA) is 191 Å². The van der Waals surface area contributed by atoms with Gasteiger partial charge in [-0.3, -0.25) is 14.9 Å². The Morgan fingerprint density at radius 1 is 0.937 bits per heavy atom. The molecule has 0 radical (unpaired) electrons. The second-order valence-corrected chi connectivity index (χ2v) is 23.9. The predicted molar refractivity (Wildman–Crippen MR) is 243 cm³/mol. The van der Waals surface area contributed by atoms with Gasteiger partial charge in [-0.25, -0.2) is 8.42 Å². The summed E-state index contributed by atoms with van der Waals surface area (Å²) in [5, 5.41) is 60.3. The van der Waals surface area contributed by atoms with Gasteiger partial charge in [-0.1, -0.05) is 97.4 Å². The fourth-order valence-corrected chi connectivity index (χ4v) is 16.0. The van der Waals surface area contributed by atoms with Crippen LogP contribution in [0.5, 0.6) is 0 Å². The van der Waals surface area contributed by atoms with E-state index in [4.69, 9.17) is 0 Å². The van der Waals surface area contributed by atoms with E-state index in [0.29, 0.717) is 25.2 Å². The smallest absolute Gasteiger partial charge is 0.269 e. The van der Waals surface area contributed by atoms with Crippen molar-refractivity contribution < 1.29 is 38.6 Å². The zero-order chi connectivity index (χ0) is 46.1. The Labute approximate surface area is 375 Å². The number of rotatable bonds is 13. The van der Waals surface area contributed by atoms with E-state index in [0.717, 1.165) is 49.8 Å². The average molecular weight is 892 g/mol. The molecule has 0 unspecified atom stereocenters. The molecule has 7 rings (SSSR count). The van der Waals surface area contributed by atoms with Crippen LogP contribution < -0.4 is 5.32 Å². The van der Waals surface area contributed by atoms with Crippen LogP contribution in [0.1, 0.15) is 112 Å². The summed E-state index contributed by atoms with van der Waals surface area (Å²) in [4.78, 5) is 26.2. The summed E-state index contributed by atoms with van der Waals surface area (Å²) in [6, 6.07) is 13.6. The van der Waals surface area contributed by atoms with Crippen molar-refractivity contribution in [2.75, 3.05) is 19.7 Å². The van der Waals surface area contributed by atoms with Gasteiger partial charge in [0.25, 0.3) is 5.69 Å². The van der Waals surface area contributed by atoms with Crippen molar-refractivity contribution in [1.82, 2.24) is 9.62 Å². The van der Waals surface area contributed by atoms with Crippen LogP contribution in [0.4, 0.5) is 5.69 Å². The molecule has 0 saturated heterocycles. The van der Waals surface area contributed by atoms with Gasteiger partial charge in [0.1, 0.15) is 0 Å². The minimum atomic E-state index is -4.19. The van der Waals surface area contributed by atoms with E-state index < -0.39 is 50.1 Å². The molecule has 4 saturated carbocycles. The molecule has 12 nitrogen and oxygen atoms in total. The quantitative estimate of drug-likeness (QED) is 0.0781. The first-order valence-electron chi connectivity index (χ1n) is 23.4. The van der Waals surface area contributed by atoms with Crippen molar-refractivity contribution in [1.29, 1.82) is 0 Å². The number of amides is 1. The van der Waals surface area contributed by atoms with Crippen molar-refractivity contribution in [2.45, 2.75) is 142 Å². The summed E-state index contributed by atoms with van der Waals surface area (Å²) >= 11 is 0. The Morgan fingerprint density at radius 3 is 2.22 bits per heavy atom. The van der Waals surface area contributed by atoms with E-state index in [1.54, 1.807) is 0 Å². The molecule has 2 aromatic rings. The molecule has 5 aliphatic carbocycles. The molecule has 5 N–H and O–H groups in total. The lowest BCUT2D eigenvalue weighted by Gasteiger charge is -2.72. The number of nitro groups is 1. The summed E-state index contributed by atoms with van der Waals surface area (Å²) in [5.74, 6) is 0.542. The summed E-state index contributed by atoms with van der Waals surface area (Å²) in [6.07, 6.45) is 5.57. The molecular formula is C50H73N3O9S. The number of nitro benzene ring substituents is 1. The maximum Gasteiger partial charge on any atom is 0.269 e. The lowest BCUT2D eigenvalue weighted by atomic mass is 9.33. The number of nitrogens with one attached hydrogen (secondary N) is 1. The molecule has 4 fully saturated rings. The molecule has 0 aliphatic heterocycles. The Bertz CT molecular complexity index is 2150. The number of nitrogens with zero attached hydrogens (tertiary/aromatic N) is 2. The highest BCUT2D eigenvalue weighted by Gasteiger charge is 2.70. The fraction of sp³-hybridized carbons (Fsp3) is 0.700. The van der Waals surface area contributed by atoms with Crippen LogP contribution in [0.15, 0.2) is 71.1 Å². The molecule has 63 heavy (non-hydrogen) atoms. The number of hydrogen-bond donors (Lipinski definition) is 5. The first-order chi connectivity index (χ1) is 29.5. The molecule has 14 atom stereocenters. The van der Waals surface area contributed by atoms with Crippen LogP contribution >= 0.6 is 0 Å². The van der Waals surface area contributed by atoms with Gasteiger partial charge < -0.3 is 25.7 Å². The summed E-state index contributed by atoms with van der Waals surface area (Å²) < 4.78 is 29.6. The lowest BCUT2D eigenvalue weighted by molar-refractivity contribution is -0.384. The van der Waals surface area contributed by atoms with E-state index in [9.17, 15) is 39.0 Å². The largest absolute Gasteiger partial charge is 0.396 e. The summed E-state index contributed by atoms with van der Waals surface area (Å²) in [6.45, 7) is 17.1. The third-order valence-corrected chi connectivity index (χ3v) is 20.1. The van der Waals surface area contributed by atoms with E-state index in [1.807, 2.05) is 51.1 Å². The SMILES string of the molecule is CC(C)CN(C[C@@H](O)[C@H](Cc1ccccc1)NC(=O)[C@]12CC[C@@H](C)[C@H](C)[C@H]1C1=CC[C@@H]3[C@@]4(C)C[C@@H](O)[C@@H](O)[C@@](C)(CO)[C@@H]4CC[C@@]3(C)[C@]1(C)CC2)S(=O)(=O)c1ccc([N+](=O)[O-])cc1. The van der Waals surface area contributed by atoms with Gasteiger partial charge in [0.2, 0.25) is 15.9 Å². The Morgan fingerprint density at radius 2 is 1.60 bits per heavy atom. The number of carbonyl (C=O) groups excluding carboxylic acids is 1. The van der Waals surface area contributed by atoms with Gasteiger partial charge in [0.15, 0.2) is 0 Å². The lowest BCUT2D eigenvalue weighted by Crippen LogP contribution is -2.68. The average Bonchev–Trinajstić information content (AvgIpc) is 3.24. The Kier molecular flexibility index (Phi) is 13.1. The van der Waals surface area contributed by atoms with Crippen LogP contribution in [0.3, 0.4) is 0 Å². The van der Waals surface area contributed by atoms with Crippen molar-refractivity contribution in [3.8, 4) is 0 Å². The second-order valence-electron chi connectivity index (χ2n) is 22.0. The van der Waals surface area contributed by atoms with Crippen LogP contribution in [-0.2, 0) is 21.2 Å². The monoisotopic (exact) mass is 892 g/mol. The number of benzene rings is 2. The molecule has 1 amide bonds. The molecule has 5 aliphatic rings. The van der Waals surface area contributed by atoms with Gasteiger partial charge in [-0.15, -0.1) is 0 Å². The van der Waals surface area contributed by atoms with Gasteiger partial charge in [0, 0.05) is 30.6 Å². The number of sulfonamides is 1. The predicted octanol–water partition coefficient (Wildman–Crippen LogP) is 7.29. The van der Waals surface area contributed by atoms with Crippen LogP contribution in [0, 0.1) is 72.7 Å². The van der Waals surface area contributed by atoms with E-state index >= 15 is 4.79 Å². The Hall–Kier alpha value is -3.20. The molecule has 0 heterocycles. The summed E-state index contributed by atoms with van der Waals surface area (Å²) in [5.41, 5.74) is -0.270. The number of allylic oxidation sites excluding steroid dienone is 2. The number of aliphatic hydroxyl groups excluding tert-OH is 4. The molecule has 0 bridgehead atoms. The molecule has 2 aromatic carbocycles. The van der Waals surface area contributed by atoms with Crippen molar-refractivity contribution in [3.63, 3.8) is 0 Å². The highest BCUT2D eigenvalue weighted by Crippen LogP contribution is 2.75. The van der Waals surface area contributed by atoms with Crippen molar-refractivity contribution in [3.05, 3.63) is 81.9 Å². The Balaban J connectivity index is 1.23. The number of fused-ring (bicyclic) bond motifs is 7. The van der Waals surface area contributed by atoms with Crippen LogP contribution in [0.25, 0.3) is 0 Å². The molecular weight excluding hydrogens is 819 g/mol. The normalized spacial score (nSPS) is 38.6. The molecule has 0 spiro atoms. The first kappa shape index (κ1) is 47.8. The maximum atomic E-state index is 15.5. The molecule has 13 heteroatoms. The number of carbonyl (C=O) groups is 1. The van der Waals surface area contributed by atoms with Crippen molar-refractivity contribution in [2.24, 2.45) is 62.6 Å². The summed E-state index contributed by atoms with van der Waals surface area (Å²) in [7, 11) is -4.19. The fourth-order valence-electron chi connectivity index (χ4n) is 14.4.